The molecule has 1 aromatic rings. The Kier molecular flexibility index (Phi) is 6.18. The smallest absolute Gasteiger partial charge is 0.313 e. The van der Waals surface area contributed by atoms with Gasteiger partial charge in [-0.25, -0.2) is 4.98 Å². The lowest BCUT2D eigenvalue weighted by atomic mass is 9.72. The summed E-state index contributed by atoms with van der Waals surface area (Å²) in [7, 11) is 1.57. The Bertz CT molecular complexity index is 546. The Hall–Kier alpha value is -1.66. The molecule has 0 spiro atoms. The van der Waals surface area contributed by atoms with Crippen LogP contribution in [0.1, 0.15) is 38.7 Å². The maximum absolute atomic E-state index is 12.0. The minimum atomic E-state index is -1.08. The van der Waals surface area contributed by atoms with E-state index in [0.29, 0.717) is 44.3 Å². The van der Waals surface area contributed by atoms with E-state index in [-0.39, 0.29) is 0 Å². The van der Waals surface area contributed by atoms with Gasteiger partial charge in [-0.3, -0.25) is 9.69 Å². The van der Waals surface area contributed by atoms with Gasteiger partial charge in [0.15, 0.2) is 0 Å². The Morgan fingerprint density at radius 3 is 2.79 bits per heavy atom. The summed E-state index contributed by atoms with van der Waals surface area (Å²) in [5.41, 5.74) is -0.0714. The van der Waals surface area contributed by atoms with E-state index in [1.807, 2.05) is 6.07 Å². The van der Waals surface area contributed by atoms with Gasteiger partial charge in [0.2, 0.25) is 5.88 Å². The molecule has 1 aliphatic rings. The number of carboxylic acids is 1. The fourth-order valence-electron chi connectivity index (χ4n) is 3.29. The van der Waals surface area contributed by atoms with E-state index >= 15 is 0 Å². The van der Waals surface area contributed by atoms with Gasteiger partial charge < -0.3 is 14.9 Å². The number of methoxy groups -OCH3 is 1. The van der Waals surface area contributed by atoms with Gasteiger partial charge in [0.05, 0.1) is 13.2 Å². The first-order valence-corrected chi connectivity index (χ1v) is 8.50. The molecule has 1 fully saturated rings. The zero-order chi connectivity index (χ0) is 17.7. The summed E-state index contributed by atoms with van der Waals surface area (Å²) in [6, 6.07) is 3.74. The van der Waals surface area contributed by atoms with E-state index < -0.39 is 17.5 Å². The van der Waals surface area contributed by atoms with E-state index in [4.69, 9.17) is 4.74 Å². The van der Waals surface area contributed by atoms with Crippen LogP contribution < -0.4 is 4.74 Å². The number of aliphatic carboxylic acids is 1. The van der Waals surface area contributed by atoms with Crippen molar-refractivity contribution >= 4 is 5.97 Å². The molecule has 134 valence electrons. The molecule has 0 aliphatic carbocycles. The van der Waals surface area contributed by atoms with Gasteiger partial charge >= 0.3 is 5.97 Å². The molecule has 1 saturated heterocycles. The van der Waals surface area contributed by atoms with Crippen LogP contribution in [0.3, 0.4) is 0 Å². The maximum Gasteiger partial charge on any atom is 0.313 e. The van der Waals surface area contributed by atoms with Crippen molar-refractivity contribution < 1.29 is 19.7 Å². The number of aromatic nitrogens is 1. The molecular formula is C18H28N2O4. The Morgan fingerprint density at radius 1 is 1.50 bits per heavy atom. The monoisotopic (exact) mass is 336 g/mol. The van der Waals surface area contributed by atoms with E-state index in [1.54, 1.807) is 19.4 Å². The van der Waals surface area contributed by atoms with Crippen molar-refractivity contribution in [3.8, 4) is 5.88 Å². The molecule has 0 saturated carbocycles. The summed E-state index contributed by atoms with van der Waals surface area (Å²) in [4.78, 5) is 18.3. The largest absolute Gasteiger partial charge is 0.481 e. The lowest BCUT2D eigenvalue weighted by Gasteiger charge is -2.43. The second-order valence-corrected chi connectivity index (χ2v) is 7.12. The minimum absolute atomic E-state index is 0.363. The summed E-state index contributed by atoms with van der Waals surface area (Å²) in [6.07, 6.45) is 2.73. The average molecular weight is 336 g/mol. The topological polar surface area (TPSA) is 82.9 Å². The molecule has 2 rings (SSSR count). The number of hydrogen-bond acceptors (Lipinski definition) is 5. The first-order valence-electron chi connectivity index (χ1n) is 8.50. The van der Waals surface area contributed by atoms with Gasteiger partial charge in [0, 0.05) is 31.9 Å². The predicted octanol–water partition coefficient (Wildman–Crippen LogP) is 2.16. The molecule has 0 radical (unpaired) electrons. The molecule has 2 heterocycles. The zero-order valence-electron chi connectivity index (χ0n) is 14.7. The van der Waals surface area contributed by atoms with Gasteiger partial charge in [0.25, 0.3) is 0 Å². The number of carboxylic acid groups (broad SMARTS) is 1. The summed E-state index contributed by atoms with van der Waals surface area (Å²) >= 11 is 0. The standard InChI is InChI=1S/C18H28N2O4/c1-13(2)6-8-18(17(22)23)12-20(9-7-15(18)21)11-14-4-5-16(24-3)19-10-14/h4-5,10,13,15,21H,6-9,11-12H2,1-3H3,(H,22,23)/t15-,18-/m1/s1. The lowest BCUT2D eigenvalue weighted by molar-refractivity contribution is -0.165. The molecule has 2 atom stereocenters. The summed E-state index contributed by atoms with van der Waals surface area (Å²) < 4.78 is 5.06. The highest BCUT2D eigenvalue weighted by molar-refractivity contribution is 5.76. The van der Waals surface area contributed by atoms with E-state index in [1.165, 1.54) is 0 Å². The molecule has 2 N–H and O–H groups in total. The third-order valence-corrected chi connectivity index (χ3v) is 4.87. The number of hydrogen-bond donors (Lipinski definition) is 2. The number of carbonyl (C=O) groups is 1. The third kappa shape index (κ3) is 4.24. The third-order valence-electron chi connectivity index (χ3n) is 4.87. The van der Waals surface area contributed by atoms with E-state index in [2.05, 4.69) is 23.7 Å². The molecule has 6 heteroatoms. The molecule has 0 amide bonds. The van der Waals surface area contributed by atoms with Crippen LogP contribution in [0.15, 0.2) is 18.3 Å². The SMILES string of the molecule is COc1ccc(CN2CC[C@@H](O)[C@](CCC(C)C)(C(=O)O)C2)cn1. The van der Waals surface area contributed by atoms with Gasteiger partial charge in [-0.1, -0.05) is 19.9 Å². The Morgan fingerprint density at radius 2 is 2.25 bits per heavy atom. The molecular weight excluding hydrogens is 308 g/mol. The van der Waals surface area contributed by atoms with Crippen molar-refractivity contribution in [2.45, 2.75) is 45.8 Å². The van der Waals surface area contributed by atoms with Crippen molar-refractivity contribution in [2.75, 3.05) is 20.2 Å². The number of aliphatic hydroxyl groups excluding tert-OH is 1. The Balaban J connectivity index is 2.10. The highest BCUT2D eigenvalue weighted by atomic mass is 16.5. The minimum Gasteiger partial charge on any atom is -0.481 e. The normalized spacial score (nSPS) is 25.0. The molecule has 0 bridgehead atoms. The first kappa shape index (κ1) is 18.7. The quantitative estimate of drug-likeness (QED) is 0.794. The number of aliphatic hydroxyl groups is 1. The lowest BCUT2D eigenvalue weighted by Crippen LogP contribution is -2.55. The fourth-order valence-corrected chi connectivity index (χ4v) is 3.29. The second kappa shape index (κ2) is 7.94. The number of rotatable bonds is 7. The summed E-state index contributed by atoms with van der Waals surface area (Å²) in [5.74, 6) is 0.0763. The number of likely N-dealkylation sites (tertiary alicyclic amines) is 1. The van der Waals surface area contributed by atoms with Gasteiger partial charge in [0.1, 0.15) is 5.41 Å². The molecule has 1 aromatic heterocycles. The molecule has 1 aliphatic heterocycles. The van der Waals surface area contributed by atoms with Crippen molar-refractivity contribution in [3.63, 3.8) is 0 Å². The number of piperidine rings is 1. The second-order valence-electron chi connectivity index (χ2n) is 7.12. The van der Waals surface area contributed by atoms with Gasteiger partial charge in [-0.05, 0) is 30.7 Å². The van der Waals surface area contributed by atoms with Gasteiger partial charge in [-0.2, -0.15) is 0 Å². The van der Waals surface area contributed by atoms with Crippen LogP contribution in [0, 0.1) is 11.3 Å². The van der Waals surface area contributed by atoms with Crippen LogP contribution in [-0.4, -0.2) is 52.4 Å². The number of ether oxygens (including phenoxy) is 1. The van der Waals surface area contributed by atoms with Crippen LogP contribution in [0.2, 0.25) is 0 Å². The summed E-state index contributed by atoms with van der Waals surface area (Å²) in [6.45, 7) is 5.82. The number of nitrogens with zero attached hydrogens (tertiary/aromatic N) is 2. The van der Waals surface area contributed by atoms with Crippen molar-refractivity contribution in [3.05, 3.63) is 23.9 Å². The molecule has 0 aromatic carbocycles. The summed E-state index contributed by atoms with van der Waals surface area (Å²) in [5, 5.41) is 20.2. The van der Waals surface area contributed by atoms with Crippen molar-refractivity contribution in [2.24, 2.45) is 11.3 Å². The van der Waals surface area contributed by atoms with Crippen LogP contribution in [0.5, 0.6) is 5.88 Å². The van der Waals surface area contributed by atoms with E-state index in [9.17, 15) is 15.0 Å². The molecule has 6 nitrogen and oxygen atoms in total. The zero-order valence-corrected chi connectivity index (χ0v) is 14.7. The fraction of sp³-hybridized carbons (Fsp3) is 0.667. The predicted molar refractivity (Wildman–Crippen MR) is 90.8 cm³/mol. The molecule has 24 heavy (non-hydrogen) atoms. The maximum atomic E-state index is 12.0. The molecule has 0 unspecified atom stereocenters. The van der Waals surface area contributed by atoms with Crippen molar-refractivity contribution in [1.29, 1.82) is 0 Å². The highest BCUT2D eigenvalue weighted by Crippen LogP contribution is 2.37. The van der Waals surface area contributed by atoms with Gasteiger partial charge in [-0.15, -0.1) is 0 Å². The van der Waals surface area contributed by atoms with Crippen LogP contribution in [0.25, 0.3) is 0 Å². The number of pyridine rings is 1. The van der Waals surface area contributed by atoms with Crippen molar-refractivity contribution in [1.82, 2.24) is 9.88 Å². The Labute approximate surface area is 143 Å². The highest BCUT2D eigenvalue weighted by Gasteiger charge is 2.48. The van der Waals surface area contributed by atoms with Crippen LogP contribution in [0.4, 0.5) is 0 Å². The van der Waals surface area contributed by atoms with Crippen LogP contribution in [-0.2, 0) is 11.3 Å². The van der Waals surface area contributed by atoms with Crippen LogP contribution >= 0.6 is 0 Å². The first-order chi connectivity index (χ1) is 11.4. The van der Waals surface area contributed by atoms with E-state index in [0.717, 1.165) is 12.0 Å². The average Bonchev–Trinajstić information content (AvgIpc) is 2.55.